The summed E-state index contributed by atoms with van der Waals surface area (Å²) in [6, 6.07) is -2.15. The molecule has 6 amide bonds. The molecule has 2 aromatic rings. The maximum Gasteiger partial charge on any atom is 0.252 e. The zero-order valence-corrected chi connectivity index (χ0v) is 36.0. The Morgan fingerprint density at radius 3 is 1.18 bits per heavy atom. The summed E-state index contributed by atoms with van der Waals surface area (Å²) in [6.07, 6.45) is -3.57. The summed E-state index contributed by atoms with van der Waals surface area (Å²) in [5.74, 6) is -4.37. The van der Waals surface area contributed by atoms with Crippen molar-refractivity contribution in [2.45, 2.75) is 86.1 Å². The van der Waals surface area contributed by atoms with E-state index in [0.29, 0.717) is 0 Å². The maximum atomic E-state index is 13.8. The number of carbonyl (C=O) groups is 6. The van der Waals surface area contributed by atoms with Crippen LogP contribution in [-0.4, -0.2) is 166 Å². The van der Waals surface area contributed by atoms with E-state index in [9.17, 15) is 69.6 Å². The van der Waals surface area contributed by atoms with Crippen molar-refractivity contribution in [3.8, 4) is 0 Å². The lowest BCUT2D eigenvalue weighted by Crippen LogP contribution is -2.48. The van der Waals surface area contributed by atoms with Crippen LogP contribution in [0.25, 0.3) is 0 Å². The molecule has 2 aromatic carbocycles. The molecule has 0 heterocycles. The molecule has 0 fully saturated rings. The quantitative estimate of drug-likeness (QED) is 0.0584. The van der Waals surface area contributed by atoms with Crippen LogP contribution in [0, 0.1) is 34.6 Å². The fourth-order valence-corrected chi connectivity index (χ4v) is 7.45. The van der Waals surface area contributed by atoms with Gasteiger partial charge in [0.05, 0.1) is 88.4 Å². The molecule has 0 bridgehead atoms. The smallest absolute Gasteiger partial charge is 0.252 e. The Labute approximate surface area is 354 Å². The zero-order valence-electron chi connectivity index (χ0n) is 36.0. The highest BCUT2D eigenvalue weighted by Crippen LogP contribution is 2.37. The van der Waals surface area contributed by atoms with Crippen LogP contribution >= 0.6 is 0 Å². The lowest BCUT2D eigenvalue weighted by Gasteiger charge is -2.34. The number of anilines is 2. The van der Waals surface area contributed by atoms with E-state index in [1.54, 1.807) is 6.92 Å². The summed E-state index contributed by atoms with van der Waals surface area (Å²) in [5.41, 5.74) is 0.996. The minimum absolute atomic E-state index is 0.0116. The second-order valence-corrected chi connectivity index (χ2v) is 14.6. The zero-order chi connectivity index (χ0) is 46.5. The molecular weight excluding hydrogens is 800 g/mol. The van der Waals surface area contributed by atoms with E-state index in [1.807, 2.05) is 0 Å². The summed E-state index contributed by atoms with van der Waals surface area (Å²) in [7, 11) is 0. The molecule has 2 atom stereocenters. The number of nitrogens with zero attached hydrogens (tertiary/aromatic N) is 2. The number of hydrogen-bond donors (Lipinski definition) is 12. The van der Waals surface area contributed by atoms with Crippen LogP contribution in [0.5, 0.6) is 0 Å². The minimum atomic E-state index is -1.83. The molecule has 0 aromatic heterocycles. The Bertz CT molecular complexity index is 1930. The molecule has 20 heteroatoms. The summed E-state index contributed by atoms with van der Waals surface area (Å²) in [4.78, 5) is 83.6. The first kappa shape index (κ1) is 52.1. The normalized spacial score (nSPS) is 12.2. The molecule has 0 saturated carbocycles. The standard InChI is InChI=1S/C41H62N6O14/c1-9-29-35(41(61)45-28(18-52)19-53)21(3)33(39(59)43-11-13-49)24(6)37(29)47(26(8)55)15-31(57)30(56)14-46(25(7)54)36-22(4)32(38(58)42-10-12-48)20(2)34(23(36)5)40(60)44-27(16-50)17-51/h27-28,30-31,48-53,56-57H,9-19H2,1-8H3,(H,42,58)(H,43,59)(H,44,60)(H,45,61). The van der Waals surface area contributed by atoms with Crippen molar-refractivity contribution in [2.24, 2.45) is 0 Å². The van der Waals surface area contributed by atoms with Crippen LogP contribution in [0.15, 0.2) is 0 Å². The number of carbonyl (C=O) groups excluding carboxylic acids is 6. The van der Waals surface area contributed by atoms with E-state index in [1.165, 1.54) is 34.6 Å². The molecule has 2 unspecified atom stereocenters. The summed E-state index contributed by atoms with van der Waals surface area (Å²) >= 11 is 0. The molecular formula is C41H62N6O14. The average molecular weight is 863 g/mol. The molecule has 61 heavy (non-hydrogen) atoms. The number of aliphatic hydroxyl groups is 8. The molecule has 0 aliphatic rings. The van der Waals surface area contributed by atoms with Crippen molar-refractivity contribution in [3.05, 3.63) is 55.6 Å². The highest BCUT2D eigenvalue weighted by Gasteiger charge is 2.35. The number of aliphatic hydroxyl groups excluding tert-OH is 8. The van der Waals surface area contributed by atoms with Crippen LogP contribution in [-0.2, 0) is 16.0 Å². The Balaban J connectivity index is 2.84. The van der Waals surface area contributed by atoms with Gasteiger partial charge in [-0.1, -0.05) is 6.92 Å². The van der Waals surface area contributed by atoms with Crippen molar-refractivity contribution in [1.29, 1.82) is 0 Å². The van der Waals surface area contributed by atoms with Crippen molar-refractivity contribution in [2.75, 3.05) is 75.6 Å². The van der Waals surface area contributed by atoms with Gasteiger partial charge in [0, 0.05) is 49.2 Å². The Morgan fingerprint density at radius 2 is 0.836 bits per heavy atom. The largest absolute Gasteiger partial charge is 0.395 e. The number of amides is 6. The van der Waals surface area contributed by atoms with Gasteiger partial charge < -0.3 is 71.9 Å². The van der Waals surface area contributed by atoms with Gasteiger partial charge >= 0.3 is 0 Å². The van der Waals surface area contributed by atoms with Crippen LogP contribution in [0.3, 0.4) is 0 Å². The van der Waals surface area contributed by atoms with Gasteiger partial charge in [-0.15, -0.1) is 0 Å². The summed E-state index contributed by atoms with van der Waals surface area (Å²) < 4.78 is 0. The number of benzene rings is 2. The molecule has 340 valence electrons. The number of hydrogen-bond acceptors (Lipinski definition) is 14. The summed E-state index contributed by atoms with van der Waals surface area (Å²) in [6.45, 7) is 6.59. The SMILES string of the molecule is CCc1c(C(=O)NC(CO)CO)c(C)c(C(=O)NCCO)c(C)c1N(CC(O)C(O)CN(C(C)=O)c1c(C)c(C(=O)NCCO)c(C)c(C(=O)NC(CO)CO)c1C)C(C)=O. The molecule has 0 aliphatic heterocycles. The third kappa shape index (κ3) is 12.1. The molecule has 0 saturated heterocycles. The van der Waals surface area contributed by atoms with Gasteiger partial charge in [-0.3, -0.25) is 28.8 Å². The molecule has 0 spiro atoms. The van der Waals surface area contributed by atoms with Gasteiger partial charge in [0.1, 0.15) is 0 Å². The monoisotopic (exact) mass is 862 g/mol. The Hall–Kier alpha value is -5.06. The Kier molecular flexibility index (Phi) is 20.3. The van der Waals surface area contributed by atoms with Crippen molar-refractivity contribution >= 4 is 46.8 Å². The fraction of sp³-hybridized carbons (Fsp3) is 0.561. The lowest BCUT2D eigenvalue weighted by molar-refractivity contribution is -0.118. The van der Waals surface area contributed by atoms with Gasteiger partial charge in [0.2, 0.25) is 11.8 Å². The Morgan fingerprint density at radius 1 is 0.508 bits per heavy atom. The van der Waals surface area contributed by atoms with E-state index >= 15 is 0 Å². The second-order valence-electron chi connectivity index (χ2n) is 14.6. The predicted octanol–water partition coefficient (Wildman–Crippen LogP) is -2.47. The van der Waals surface area contributed by atoms with Crippen molar-refractivity contribution in [1.82, 2.24) is 21.3 Å². The second kappa shape index (κ2) is 23.8. The van der Waals surface area contributed by atoms with E-state index in [-0.39, 0.29) is 86.5 Å². The van der Waals surface area contributed by atoms with Crippen LogP contribution in [0.4, 0.5) is 11.4 Å². The lowest BCUT2D eigenvalue weighted by atomic mass is 9.87. The molecule has 0 aliphatic carbocycles. The molecule has 20 nitrogen and oxygen atoms in total. The van der Waals surface area contributed by atoms with Gasteiger partial charge in [0.25, 0.3) is 23.6 Å². The highest BCUT2D eigenvalue weighted by atomic mass is 16.3. The van der Waals surface area contributed by atoms with Gasteiger partial charge in [-0.2, -0.15) is 0 Å². The van der Waals surface area contributed by atoms with Crippen LogP contribution in [0.1, 0.15) is 95.6 Å². The first-order valence-corrected chi connectivity index (χ1v) is 19.8. The van der Waals surface area contributed by atoms with Gasteiger partial charge in [-0.25, -0.2) is 0 Å². The third-order valence-corrected chi connectivity index (χ3v) is 10.4. The van der Waals surface area contributed by atoms with Crippen molar-refractivity contribution < 1.29 is 69.6 Å². The third-order valence-electron chi connectivity index (χ3n) is 10.4. The first-order chi connectivity index (χ1) is 28.7. The van der Waals surface area contributed by atoms with Crippen LogP contribution < -0.4 is 31.1 Å². The van der Waals surface area contributed by atoms with Crippen LogP contribution in [0.2, 0.25) is 0 Å². The predicted molar refractivity (Wildman–Crippen MR) is 224 cm³/mol. The van der Waals surface area contributed by atoms with E-state index < -0.39 is 112 Å². The number of nitrogens with one attached hydrogen (secondary N) is 4. The molecule has 0 radical (unpaired) electrons. The number of rotatable bonds is 22. The topological polar surface area (TPSA) is 319 Å². The van der Waals surface area contributed by atoms with Gasteiger partial charge in [0.15, 0.2) is 0 Å². The molecule has 2 rings (SSSR count). The van der Waals surface area contributed by atoms with Gasteiger partial charge in [-0.05, 0) is 74.4 Å². The van der Waals surface area contributed by atoms with E-state index in [2.05, 4.69) is 21.3 Å². The maximum absolute atomic E-state index is 13.8. The fourth-order valence-electron chi connectivity index (χ4n) is 7.45. The molecule has 12 N–H and O–H groups in total. The van der Waals surface area contributed by atoms with E-state index in [0.717, 1.165) is 23.6 Å². The van der Waals surface area contributed by atoms with Crippen molar-refractivity contribution in [3.63, 3.8) is 0 Å². The first-order valence-electron chi connectivity index (χ1n) is 19.8. The highest BCUT2D eigenvalue weighted by molar-refractivity contribution is 6.09. The average Bonchev–Trinajstić information content (AvgIpc) is 3.21. The summed E-state index contributed by atoms with van der Waals surface area (Å²) in [5, 5.41) is 90.8. The van der Waals surface area contributed by atoms with E-state index in [4.69, 9.17) is 0 Å². The minimum Gasteiger partial charge on any atom is -0.395 e.